The van der Waals surface area contributed by atoms with Crippen LogP contribution in [0.25, 0.3) is 0 Å². The number of quaternary nitrogens is 1. The normalized spacial score (nSPS) is 13.0. The second-order valence-corrected chi connectivity index (χ2v) is 5.06. The molecule has 8 heteroatoms. The molecule has 108 valence electrons. The predicted molar refractivity (Wildman–Crippen MR) is 65.1 cm³/mol. The molecular weight excluding hydrogens is 262 g/mol. The fourth-order valence-electron chi connectivity index (χ4n) is 0.616. The van der Waals surface area contributed by atoms with E-state index in [1.54, 1.807) is 0 Å². The average molecular weight is 283 g/mol. The minimum absolute atomic E-state index is 0.125. The van der Waals surface area contributed by atoms with Crippen LogP contribution in [0.4, 0.5) is 0 Å². The average Bonchev–Trinajstić information content (AvgIpc) is 2.28. The largest absolute Gasteiger partial charge is 0.726 e. The van der Waals surface area contributed by atoms with Crippen molar-refractivity contribution in [2.45, 2.75) is 20.1 Å². The lowest BCUT2D eigenvalue weighted by molar-refractivity contribution is -0.931. The molecule has 0 radical (unpaired) electrons. The monoisotopic (exact) mass is 283 g/mol. The summed E-state index contributed by atoms with van der Waals surface area (Å²) in [7, 11) is 0.426. The molecule has 0 amide bonds. The third-order valence-corrected chi connectivity index (χ3v) is 2.87. The summed E-state index contributed by atoms with van der Waals surface area (Å²) in [5.41, 5.74) is 0. The molecule has 0 fully saturated rings. The van der Waals surface area contributed by atoms with Crippen molar-refractivity contribution in [2.24, 2.45) is 0 Å². The Morgan fingerprint density at radius 3 is 2.11 bits per heavy atom. The summed E-state index contributed by atoms with van der Waals surface area (Å²) in [6.07, 6.45) is 1.06. The lowest BCUT2D eigenvalue weighted by Gasteiger charge is -2.33. The highest BCUT2D eigenvalue weighted by Crippen LogP contribution is 2.07. The van der Waals surface area contributed by atoms with E-state index >= 15 is 0 Å². The molecule has 0 N–H and O–H groups in total. The molecule has 0 aromatic heterocycles. The number of rotatable bonds is 5. The standard InChI is InChI=1S/C9H18NO2.CH4O4S/c1-6-9(11)12-8(3)10(4,5)7-2;1-5-6(2,3)4/h6,8H,1,7H2,2-5H3;1H3,(H,2,3,4)/q+1;/p-1. The Bertz CT molecular complexity index is 363. The Kier molecular flexibility index (Phi) is 8.83. The van der Waals surface area contributed by atoms with Gasteiger partial charge in [0.05, 0.1) is 27.7 Å². The van der Waals surface area contributed by atoms with Gasteiger partial charge in [-0.1, -0.05) is 6.58 Å². The zero-order valence-corrected chi connectivity index (χ0v) is 12.2. The fraction of sp³-hybridized carbons (Fsp3) is 0.700. The molecule has 0 aliphatic heterocycles. The Hall–Kier alpha value is -0.960. The molecule has 0 aromatic rings. The Morgan fingerprint density at radius 2 is 1.89 bits per heavy atom. The number of hydrogen-bond donors (Lipinski definition) is 0. The molecule has 0 aromatic carbocycles. The summed E-state index contributed by atoms with van der Waals surface area (Å²) in [4.78, 5) is 10.8. The van der Waals surface area contributed by atoms with Crippen molar-refractivity contribution in [2.75, 3.05) is 27.7 Å². The van der Waals surface area contributed by atoms with Gasteiger partial charge in [0, 0.05) is 13.0 Å². The number of nitrogens with zero attached hydrogens (tertiary/aromatic N) is 1. The van der Waals surface area contributed by atoms with Gasteiger partial charge in [0.25, 0.3) is 0 Å². The van der Waals surface area contributed by atoms with Crippen LogP contribution in [0.15, 0.2) is 12.7 Å². The molecule has 7 nitrogen and oxygen atoms in total. The van der Waals surface area contributed by atoms with Gasteiger partial charge < -0.3 is 9.29 Å². The van der Waals surface area contributed by atoms with E-state index in [9.17, 15) is 17.8 Å². The van der Waals surface area contributed by atoms with Crippen molar-refractivity contribution < 1.29 is 31.2 Å². The van der Waals surface area contributed by atoms with E-state index < -0.39 is 10.4 Å². The molecule has 0 saturated carbocycles. The molecule has 0 aliphatic carbocycles. The lowest BCUT2D eigenvalue weighted by atomic mass is 10.4. The second kappa shape index (κ2) is 8.20. The first kappa shape index (κ1) is 19.4. The minimum Gasteiger partial charge on any atom is -0.726 e. The fourth-order valence-corrected chi connectivity index (χ4v) is 0.616. The first-order chi connectivity index (χ1) is 8.00. The van der Waals surface area contributed by atoms with E-state index in [1.807, 2.05) is 21.0 Å². The summed E-state index contributed by atoms with van der Waals surface area (Å²) in [6.45, 7) is 8.20. The smallest absolute Gasteiger partial charge is 0.334 e. The summed E-state index contributed by atoms with van der Waals surface area (Å²) in [5.74, 6) is -0.359. The first-order valence-electron chi connectivity index (χ1n) is 5.17. The number of carbonyl (C=O) groups excluding carboxylic acids is 1. The summed E-state index contributed by atoms with van der Waals surface area (Å²) in [6, 6.07) is 0. The van der Waals surface area contributed by atoms with Gasteiger partial charge in [-0.2, -0.15) is 0 Å². The highest BCUT2D eigenvalue weighted by Gasteiger charge is 2.24. The topological polar surface area (TPSA) is 92.7 Å². The Balaban J connectivity index is 0. The quantitative estimate of drug-likeness (QED) is 0.179. The lowest BCUT2D eigenvalue weighted by Crippen LogP contribution is -2.49. The van der Waals surface area contributed by atoms with Crippen molar-refractivity contribution in [3.63, 3.8) is 0 Å². The molecule has 0 heterocycles. The summed E-state index contributed by atoms with van der Waals surface area (Å²) < 4.78 is 36.8. The highest BCUT2D eigenvalue weighted by molar-refractivity contribution is 7.80. The third-order valence-electron chi connectivity index (χ3n) is 2.46. The highest BCUT2D eigenvalue weighted by atomic mass is 32.3. The van der Waals surface area contributed by atoms with Gasteiger partial charge in [-0.3, -0.25) is 8.67 Å². The third kappa shape index (κ3) is 10.2. The van der Waals surface area contributed by atoms with Crippen LogP contribution in [-0.4, -0.2) is 57.4 Å². The van der Waals surface area contributed by atoms with Crippen LogP contribution in [-0.2, 0) is 24.1 Å². The number of carbonyl (C=O) groups is 1. The zero-order chi connectivity index (χ0) is 15.0. The van der Waals surface area contributed by atoms with Gasteiger partial charge in [0.1, 0.15) is 0 Å². The SMILES string of the molecule is C=CC(=O)OC(C)[N+](C)(C)CC.COS(=O)(=O)[O-]. The van der Waals surface area contributed by atoms with E-state index in [0.717, 1.165) is 13.7 Å². The first-order valence-corrected chi connectivity index (χ1v) is 6.50. The van der Waals surface area contributed by atoms with E-state index in [0.29, 0.717) is 4.48 Å². The molecule has 1 unspecified atom stereocenters. The van der Waals surface area contributed by atoms with Crippen molar-refractivity contribution in [3.05, 3.63) is 12.7 Å². The number of ether oxygens (including phenoxy) is 1. The summed E-state index contributed by atoms with van der Waals surface area (Å²) in [5, 5.41) is 0. The van der Waals surface area contributed by atoms with Gasteiger partial charge in [0.2, 0.25) is 16.6 Å². The van der Waals surface area contributed by atoms with Crippen LogP contribution in [0.1, 0.15) is 13.8 Å². The van der Waals surface area contributed by atoms with Crippen LogP contribution >= 0.6 is 0 Å². The predicted octanol–water partition coefficient (Wildman–Crippen LogP) is 0.251. The van der Waals surface area contributed by atoms with E-state index in [1.165, 1.54) is 6.08 Å². The molecule has 1 atom stereocenters. The summed E-state index contributed by atoms with van der Waals surface area (Å²) >= 11 is 0. The molecule has 0 bridgehead atoms. The van der Waals surface area contributed by atoms with Gasteiger partial charge in [-0.15, -0.1) is 0 Å². The molecule has 0 rings (SSSR count). The molecular formula is C10H21NO6S. The Labute approximate surface area is 109 Å². The zero-order valence-electron chi connectivity index (χ0n) is 11.4. The molecule has 0 spiro atoms. The number of esters is 1. The second-order valence-electron chi connectivity index (χ2n) is 3.91. The van der Waals surface area contributed by atoms with Crippen LogP contribution in [0.3, 0.4) is 0 Å². The Morgan fingerprint density at radius 1 is 1.50 bits per heavy atom. The van der Waals surface area contributed by atoms with Crippen molar-refractivity contribution in [3.8, 4) is 0 Å². The van der Waals surface area contributed by atoms with Gasteiger partial charge >= 0.3 is 5.97 Å². The minimum atomic E-state index is -4.41. The van der Waals surface area contributed by atoms with Crippen molar-refractivity contribution in [1.82, 2.24) is 0 Å². The number of hydrogen-bond acceptors (Lipinski definition) is 6. The van der Waals surface area contributed by atoms with Crippen LogP contribution in [0, 0.1) is 0 Å². The van der Waals surface area contributed by atoms with Crippen LogP contribution in [0.2, 0.25) is 0 Å². The van der Waals surface area contributed by atoms with Crippen LogP contribution in [0.5, 0.6) is 0 Å². The maximum Gasteiger partial charge on any atom is 0.334 e. The van der Waals surface area contributed by atoms with Crippen LogP contribution < -0.4 is 0 Å². The van der Waals surface area contributed by atoms with E-state index in [2.05, 4.69) is 17.7 Å². The molecule has 0 aliphatic rings. The van der Waals surface area contributed by atoms with Gasteiger partial charge in [0.15, 0.2) is 0 Å². The molecule has 18 heavy (non-hydrogen) atoms. The maximum absolute atomic E-state index is 10.8. The van der Waals surface area contributed by atoms with E-state index in [-0.39, 0.29) is 12.2 Å². The molecule has 0 saturated heterocycles. The van der Waals surface area contributed by atoms with E-state index in [4.69, 9.17) is 4.74 Å². The van der Waals surface area contributed by atoms with Crippen molar-refractivity contribution >= 4 is 16.4 Å². The van der Waals surface area contributed by atoms with Gasteiger partial charge in [-0.05, 0) is 6.92 Å². The van der Waals surface area contributed by atoms with Gasteiger partial charge in [-0.25, -0.2) is 13.2 Å². The maximum atomic E-state index is 10.8. The van der Waals surface area contributed by atoms with Crippen molar-refractivity contribution in [1.29, 1.82) is 0 Å².